The van der Waals surface area contributed by atoms with Crippen molar-refractivity contribution in [2.75, 3.05) is 7.11 Å². The summed E-state index contributed by atoms with van der Waals surface area (Å²) in [5.74, 6) is -0.211. The van der Waals surface area contributed by atoms with Gasteiger partial charge in [0.15, 0.2) is 6.61 Å². The average molecular weight is 115 g/mol. The van der Waals surface area contributed by atoms with Crippen LogP contribution in [0.25, 0.3) is 0 Å². The summed E-state index contributed by atoms with van der Waals surface area (Å²) in [7, 11) is 1.54. The zero-order chi connectivity index (χ0) is 5.98. The van der Waals surface area contributed by atoms with Crippen LogP contribution in [0.1, 0.15) is 6.42 Å². The highest BCUT2D eigenvalue weighted by Crippen LogP contribution is 2.12. The molecule has 1 radical (unpaired) electrons. The Hall–Kier alpha value is -0.570. The van der Waals surface area contributed by atoms with Gasteiger partial charge < -0.3 is 9.47 Å². The Morgan fingerprint density at radius 1 is 2.00 bits per heavy atom. The smallest absolute Gasteiger partial charge is 0.309 e. The van der Waals surface area contributed by atoms with Crippen molar-refractivity contribution >= 4 is 5.97 Å². The Labute approximate surface area is 47.6 Å². The maximum absolute atomic E-state index is 10.3. The minimum absolute atomic E-state index is 0.123. The first kappa shape index (κ1) is 5.56. The SMILES string of the molecule is COC1[CH]OC(=O)C1. The second-order valence-corrected chi connectivity index (χ2v) is 1.60. The molecule has 1 unspecified atom stereocenters. The molecule has 0 bridgehead atoms. The van der Waals surface area contributed by atoms with Crippen LogP contribution in [0.2, 0.25) is 0 Å². The summed E-state index contributed by atoms with van der Waals surface area (Å²) < 4.78 is 9.25. The van der Waals surface area contributed by atoms with Crippen molar-refractivity contribution in [2.45, 2.75) is 12.5 Å². The van der Waals surface area contributed by atoms with Gasteiger partial charge in [0, 0.05) is 7.11 Å². The van der Waals surface area contributed by atoms with Gasteiger partial charge in [-0.25, -0.2) is 0 Å². The second kappa shape index (κ2) is 2.13. The monoisotopic (exact) mass is 115 g/mol. The lowest BCUT2D eigenvalue weighted by Crippen LogP contribution is -2.04. The molecule has 0 aromatic heterocycles. The minimum atomic E-state index is -0.211. The molecule has 1 saturated heterocycles. The first-order valence-electron chi connectivity index (χ1n) is 2.38. The quantitative estimate of drug-likeness (QED) is 0.455. The third-order valence-corrected chi connectivity index (χ3v) is 1.02. The van der Waals surface area contributed by atoms with Crippen LogP contribution in [0.3, 0.4) is 0 Å². The van der Waals surface area contributed by atoms with E-state index >= 15 is 0 Å². The first-order valence-corrected chi connectivity index (χ1v) is 2.38. The molecular weight excluding hydrogens is 108 g/mol. The van der Waals surface area contributed by atoms with E-state index < -0.39 is 0 Å². The molecule has 0 aromatic carbocycles. The number of hydrogen-bond acceptors (Lipinski definition) is 3. The van der Waals surface area contributed by atoms with E-state index in [0.717, 1.165) is 0 Å². The van der Waals surface area contributed by atoms with E-state index in [-0.39, 0.29) is 12.1 Å². The molecule has 45 valence electrons. The molecule has 8 heavy (non-hydrogen) atoms. The van der Waals surface area contributed by atoms with E-state index in [9.17, 15) is 4.79 Å². The lowest BCUT2D eigenvalue weighted by Gasteiger charge is -1.97. The van der Waals surface area contributed by atoms with Gasteiger partial charge in [-0.3, -0.25) is 4.79 Å². The summed E-state index contributed by atoms with van der Waals surface area (Å²) in [4.78, 5) is 10.3. The molecule has 0 N–H and O–H groups in total. The first-order chi connectivity index (χ1) is 3.83. The number of rotatable bonds is 1. The van der Waals surface area contributed by atoms with Crippen LogP contribution in [-0.4, -0.2) is 19.2 Å². The summed E-state index contributed by atoms with van der Waals surface area (Å²) in [5, 5.41) is 0. The van der Waals surface area contributed by atoms with Crippen LogP contribution in [0.15, 0.2) is 0 Å². The van der Waals surface area contributed by atoms with Gasteiger partial charge in [-0.05, 0) is 0 Å². The fourth-order valence-electron chi connectivity index (χ4n) is 0.551. The van der Waals surface area contributed by atoms with E-state index in [2.05, 4.69) is 4.74 Å². The van der Waals surface area contributed by atoms with Crippen molar-refractivity contribution in [1.82, 2.24) is 0 Å². The van der Waals surface area contributed by atoms with E-state index in [0.29, 0.717) is 6.42 Å². The number of cyclic esters (lactones) is 1. The number of esters is 1. The predicted molar refractivity (Wildman–Crippen MR) is 25.8 cm³/mol. The van der Waals surface area contributed by atoms with Crippen LogP contribution in [0, 0.1) is 6.61 Å². The van der Waals surface area contributed by atoms with E-state index in [4.69, 9.17) is 4.74 Å². The second-order valence-electron chi connectivity index (χ2n) is 1.60. The summed E-state index contributed by atoms with van der Waals surface area (Å²) in [6.45, 7) is 1.41. The fourth-order valence-corrected chi connectivity index (χ4v) is 0.551. The number of carbonyl (C=O) groups excluding carboxylic acids is 1. The Balaban J connectivity index is 2.32. The molecule has 1 atom stereocenters. The van der Waals surface area contributed by atoms with Gasteiger partial charge in [0.2, 0.25) is 0 Å². The maximum atomic E-state index is 10.3. The standard InChI is InChI=1S/C5H7O3/c1-7-4-2-5(6)8-3-4/h3-4H,2H2,1H3. The summed E-state index contributed by atoms with van der Waals surface area (Å²) in [6.07, 6.45) is 0.235. The molecule has 3 heteroatoms. The maximum Gasteiger partial charge on any atom is 0.309 e. The molecular formula is C5H7O3. The van der Waals surface area contributed by atoms with Gasteiger partial charge in [0.05, 0.1) is 6.42 Å². The highest BCUT2D eigenvalue weighted by atomic mass is 16.6. The van der Waals surface area contributed by atoms with E-state index in [1.807, 2.05) is 0 Å². The Bertz CT molecular complexity index is 99.8. The van der Waals surface area contributed by atoms with Crippen molar-refractivity contribution in [3.05, 3.63) is 6.61 Å². The summed E-state index contributed by atoms with van der Waals surface area (Å²) in [6, 6.07) is 0. The van der Waals surface area contributed by atoms with Gasteiger partial charge in [0.25, 0.3) is 0 Å². The van der Waals surface area contributed by atoms with Gasteiger partial charge in [0.1, 0.15) is 6.10 Å². The van der Waals surface area contributed by atoms with Crippen molar-refractivity contribution in [3.63, 3.8) is 0 Å². The van der Waals surface area contributed by atoms with Gasteiger partial charge in [-0.15, -0.1) is 0 Å². The minimum Gasteiger partial charge on any atom is -0.455 e. The molecule has 0 amide bonds. The third-order valence-electron chi connectivity index (χ3n) is 1.02. The molecule has 3 nitrogen and oxygen atoms in total. The van der Waals surface area contributed by atoms with Crippen LogP contribution in [-0.2, 0) is 14.3 Å². The van der Waals surface area contributed by atoms with Crippen LogP contribution < -0.4 is 0 Å². The molecule has 0 spiro atoms. The average Bonchev–Trinajstić information content (AvgIpc) is 2.14. The molecule has 1 aliphatic rings. The van der Waals surface area contributed by atoms with Crippen LogP contribution in [0.4, 0.5) is 0 Å². The molecule has 1 heterocycles. The molecule has 1 fully saturated rings. The van der Waals surface area contributed by atoms with Crippen LogP contribution >= 0.6 is 0 Å². The zero-order valence-corrected chi connectivity index (χ0v) is 4.59. The van der Waals surface area contributed by atoms with Crippen LogP contribution in [0.5, 0.6) is 0 Å². The van der Waals surface area contributed by atoms with Crippen molar-refractivity contribution in [3.8, 4) is 0 Å². The summed E-state index contributed by atoms with van der Waals surface area (Å²) >= 11 is 0. The highest BCUT2D eigenvalue weighted by molar-refractivity contribution is 5.72. The van der Waals surface area contributed by atoms with Crippen molar-refractivity contribution in [2.24, 2.45) is 0 Å². The van der Waals surface area contributed by atoms with Gasteiger partial charge in [-0.2, -0.15) is 0 Å². The zero-order valence-electron chi connectivity index (χ0n) is 4.59. The Kier molecular flexibility index (Phi) is 1.48. The van der Waals surface area contributed by atoms with Crippen molar-refractivity contribution in [1.29, 1.82) is 0 Å². The largest absolute Gasteiger partial charge is 0.455 e. The van der Waals surface area contributed by atoms with Crippen molar-refractivity contribution < 1.29 is 14.3 Å². The number of ether oxygens (including phenoxy) is 2. The highest BCUT2D eigenvalue weighted by Gasteiger charge is 2.23. The topological polar surface area (TPSA) is 35.5 Å². The molecule has 0 aliphatic carbocycles. The number of hydrogen-bond donors (Lipinski definition) is 0. The normalized spacial score (nSPS) is 28.1. The third kappa shape index (κ3) is 0.980. The molecule has 0 saturated carbocycles. The Morgan fingerprint density at radius 2 is 2.75 bits per heavy atom. The van der Waals surface area contributed by atoms with E-state index in [1.54, 1.807) is 7.11 Å². The van der Waals surface area contributed by atoms with Gasteiger partial charge >= 0.3 is 5.97 Å². The molecule has 0 aromatic rings. The Morgan fingerprint density at radius 3 is 3.00 bits per heavy atom. The fraction of sp³-hybridized carbons (Fsp3) is 0.600. The number of methoxy groups -OCH3 is 1. The predicted octanol–water partition coefficient (Wildman–Crippen LogP) is 0.110. The molecule has 1 rings (SSSR count). The van der Waals surface area contributed by atoms with Gasteiger partial charge in [-0.1, -0.05) is 0 Å². The lowest BCUT2D eigenvalue weighted by atomic mass is 10.3. The van der Waals surface area contributed by atoms with E-state index in [1.165, 1.54) is 6.61 Å². The molecule has 1 aliphatic heterocycles. The number of carbonyl (C=O) groups is 1. The summed E-state index contributed by atoms with van der Waals surface area (Å²) in [5.41, 5.74) is 0. The lowest BCUT2D eigenvalue weighted by molar-refractivity contribution is -0.135.